The van der Waals surface area contributed by atoms with E-state index in [9.17, 15) is 14.4 Å². The molecule has 0 atom stereocenters. The first kappa shape index (κ1) is 20.0. The van der Waals surface area contributed by atoms with Crippen LogP contribution in [0.25, 0.3) is 6.08 Å². The molecule has 146 valence electrons. The molecule has 3 rings (SSSR count). The number of imidazole rings is 1. The lowest BCUT2D eigenvalue weighted by atomic mass is 10.1. The van der Waals surface area contributed by atoms with Crippen LogP contribution in [0.1, 0.15) is 49.5 Å². The molecule has 0 aliphatic carbocycles. The van der Waals surface area contributed by atoms with Gasteiger partial charge in [0.1, 0.15) is 18.1 Å². The summed E-state index contributed by atoms with van der Waals surface area (Å²) in [4.78, 5) is 41.7. The fourth-order valence-corrected chi connectivity index (χ4v) is 3.88. The van der Waals surface area contributed by atoms with Crippen LogP contribution in [0.5, 0.6) is 0 Å². The van der Waals surface area contributed by atoms with Crippen molar-refractivity contribution in [3.8, 4) is 0 Å². The van der Waals surface area contributed by atoms with Crippen molar-refractivity contribution in [2.75, 3.05) is 6.54 Å². The van der Waals surface area contributed by atoms with E-state index in [2.05, 4.69) is 26.4 Å². The molecular formula is C20H21BrN4O3. The van der Waals surface area contributed by atoms with Gasteiger partial charge in [0.25, 0.3) is 5.91 Å². The van der Waals surface area contributed by atoms with Crippen LogP contribution in [0.3, 0.4) is 0 Å². The minimum Gasteiger partial charge on any atom is -0.320 e. The number of hydrogen-bond donors (Lipinski definition) is 1. The topological polar surface area (TPSA) is 84.3 Å². The molecule has 1 aromatic heterocycles. The Balaban J connectivity index is 2.02. The third-order valence-electron chi connectivity index (χ3n) is 4.41. The van der Waals surface area contributed by atoms with Crippen LogP contribution in [0, 0.1) is 0 Å². The summed E-state index contributed by atoms with van der Waals surface area (Å²) in [6.07, 6.45) is 2.14. The van der Waals surface area contributed by atoms with E-state index in [0.717, 1.165) is 22.0 Å². The van der Waals surface area contributed by atoms with E-state index in [4.69, 9.17) is 0 Å². The van der Waals surface area contributed by atoms with E-state index in [1.165, 1.54) is 13.0 Å². The van der Waals surface area contributed by atoms with Crippen molar-refractivity contribution >= 4 is 39.9 Å². The zero-order valence-corrected chi connectivity index (χ0v) is 17.5. The number of imide groups is 1. The van der Waals surface area contributed by atoms with Gasteiger partial charge >= 0.3 is 0 Å². The van der Waals surface area contributed by atoms with Crippen molar-refractivity contribution in [3.63, 3.8) is 0 Å². The van der Waals surface area contributed by atoms with E-state index < -0.39 is 17.7 Å². The summed E-state index contributed by atoms with van der Waals surface area (Å²) in [5, 5.41) is 2.56. The van der Waals surface area contributed by atoms with E-state index in [1.54, 1.807) is 0 Å². The first-order valence-electron chi connectivity index (χ1n) is 8.93. The number of hydrogen-bond acceptors (Lipinski definition) is 4. The van der Waals surface area contributed by atoms with Gasteiger partial charge in [-0.1, -0.05) is 44.2 Å². The maximum Gasteiger partial charge on any atom is 0.277 e. The van der Waals surface area contributed by atoms with Crippen molar-refractivity contribution in [1.82, 2.24) is 18.8 Å². The number of benzene rings is 1. The van der Waals surface area contributed by atoms with Crippen LogP contribution in [0.15, 0.2) is 36.0 Å². The number of rotatable bonds is 4. The van der Waals surface area contributed by atoms with Crippen molar-refractivity contribution in [2.45, 2.75) is 33.1 Å². The summed E-state index contributed by atoms with van der Waals surface area (Å²) in [7, 11) is 0. The van der Waals surface area contributed by atoms with Crippen LogP contribution in [0.4, 0.5) is 0 Å². The molecule has 2 aromatic rings. The number of aromatic nitrogens is 2. The molecule has 28 heavy (non-hydrogen) atoms. The van der Waals surface area contributed by atoms with Gasteiger partial charge in [-0.25, -0.2) is 4.98 Å². The standard InChI is InChI=1S/C20H21BrN4O3/c1-12(2)19-15(10-16-20(28)24(13(3)26)11-18(27)23-16)22-17(25(19)21)9-14-7-5-4-6-8-14/h4-8,10,12H,9,11H2,1-3H3,(H,23,27). The highest BCUT2D eigenvalue weighted by molar-refractivity contribution is 9.08. The maximum atomic E-state index is 12.6. The smallest absolute Gasteiger partial charge is 0.277 e. The SMILES string of the molecule is CC(=O)N1CC(=O)NC(=Cc2nc(Cc3ccccc3)n(Br)c2C(C)C)C1=O. The number of piperazine rings is 1. The molecule has 0 spiro atoms. The molecule has 0 unspecified atom stereocenters. The van der Waals surface area contributed by atoms with E-state index >= 15 is 0 Å². The van der Waals surface area contributed by atoms with Crippen molar-refractivity contribution < 1.29 is 14.4 Å². The summed E-state index contributed by atoms with van der Waals surface area (Å²) in [6, 6.07) is 9.93. The van der Waals surface area contributed by atoms with Gasteiger partial charge in [0, 0.05) is 13.3 Å². The van der Waals surface area contributed by atoms with Gasteiger partial charge in [-0.3, -0.25) is 22.9 Å². The lowest BCUT2D eigenvalue weighted by Gasteiger charge is -2.25. The lowest BCUT2D eigenvalue weighted by Crippen LogP contribution is -2.51. The summed E-state index contributed by atoms with van der Waals surface area (Å²) < 4.78 is 1.84. The van der Waals surface area contributed by atoms with Gasteiger partial charge in [-0.15, -0.1) is 0 Å². The molecule has 1 saturated heterocycles. The molecule has 7 nitrogen and oxygen atoms in total. The van der Waals surface area contributed by atoms with Crippen molar-refractivity contribution in [2.24, 2.45) is 0 Å². The average Bonchev–Trinajstić information content (AvgIpc) is 2.93. The first-order chi connectivity index (χ1) is 13.3. The number of amides is 3. The van der Waals surface area contributed by atoms with Gasteiger partial charge in [0.2, 0.25) is 11.8 Å². The van der Waals surface area contributed by atoms with Gasteiger partial charge in [-0.05, 0) is 17.6 Å². The molecule has 1 N–H and O–H groups in total. The molecule has 3 amide bonds. The summed E-state index contributed by atoms with van der Waals surface area (Å²) in [5.41, 5.74) is 2.60. The third-order valence-corrected chi connectivity index (χ3v) is 5.21. The Labute approximate surface area is 171 Å². The summed E-state index contributed by atoms with van der Waals surface area (Å²) in [6.45, 7) is 5.03. The molecule has 8 heteroatoms. The molecule has 2 heterocycles. The Hall–Kier alpha value is -2.74. The van der Waals surface area contributed by atoms with Crippen LogP contribution in [-0.2, 0) is 20.8 Å². The highest BCUT2D eigenvalue weighted by Crippen LogP contribution is 2.27. The molecule has 1 aliphatic rings. The first-order valence-corrected chi connectivity index (χ1v) is 9.64. The lowest BCUT2D eigenvalue weighted by molar-refractivity contribution is -0.147. The minimum absolute atomic E-state index is 0.0465. The molecule has 0 saturated carbocycles. The van der Waals surface area contributed by atoms with E-state index in [0.29, 0.717) is 12.1 Å². The average molecular weight is 445 g/mol. The minimum atomic E-state index is -0.532. The Morgan fingerprint density at radius 1 is 1.29 bits per heavy atom. The Morgan fingerprint density at radius 2 is 1.96 bits per heavy atom. The fourth-order valence-electron chi connectivity index (χ4n) is 3.09. The van der Waals surface area contributed by atoms with Crippen LogP contribution >= 0.6 is 16.1 Å². The largest absolute Gasteiger partial charge is 0.320 e. The summed E-state index contributed by atoms with van der Waals surface area (Å²) >= 11 is 3.58. The Bertz CT molecular complexity index is 963. The predicted octanol–water partition coefficient (Wildman–Crippen LogP) is 2.60. The zero-order valence-electron chi connectivity index (χ0n) is 15.9. The van der Waals surface area contributed by atoms with Gasteiger partial charge < -0.3 is 5.32 Å². The fraction of sp³-hybridized carbons (Fsp3) is 0.300. The number of halogens is 1. The Kier molecular flexibility index (Phi) is 5.79. The zero-order chi connectivity index (χ0) is 20.4. The normalized spacial score (nSPS) is 16.0. The second-order valence-corrected chi connectivity index (χ2v) is 7.62. The van der Waals surface area contributed by atoms with Crippen molar-refractivity contribution in [3.05, 3.63) is 58.8 Å². The molecule has 1 aromatic carbocycles. The van der Waals surface area contributed by atoms with E-state index in [-0.39, 0.29) is 18.2 Å². The molecule has 0 radical (unpaired) electrons. The van der Waals surface area contributed by atoms with Gasteiger partial charge in [0.15, 0.2) is 0 Å². The second-order valence-electron chi connectivity index (χ2n) is 6.91. The quantitative estimate of drug-likeness (QED) is 0.734. The van der Waals surface area contributed by atoms with Crippen molar-refractivity contribution in [1.29, 1.82) is 0 Å². The monoisotopic (exact) mass is 444 g/mol. The van der Waals surface area contributed by atoms with E-state index in [1.807, 2.05) is 47.8 Å². The second kappa shape index (κ2) is 8.10. The van der Waals surface area contributed by atoms with Crippen LogP contribution < -0.4 is 5.32 Å². The predicted molar refractivity (Wildman–Crippen MR) is 108 cm³/mol. The van der Waals surface area contributed by atoms with Gasteiger partial charge in [0.05, 0.1) is 27.5 Å². The number of nitrogens with zero attached hydrogens (tertiary/aromatic N) is 3. The highest BCUT2D eigenvalue weighted by atomic mass is 79.9. The van der Waals surface area contributed by atoms with Gasteiger partial charge in [-0.2, -0.15) is 0 Å². The number of carbonyl (C=O) groups excluding carboxylic acids is 3. The summed E-state index contributed by atoms with van der Waals surface area (Å²) in [5.74, 6) is -0.516. The number of carbonyl (C=O) groups is 3. The van der Waals surface area contributed by atoms with Crippen LogP contribution in [-0.4, -0.2) is 37.7 Å². The molecule has 1 aliphatic heterocycles. The Morgan fingerprint density at radius 3 is 2.57 bits per heavy atom. The number of nitrogens with one attached hydrogen (secondary N) is 1. The highest BCUT2D eigenvalue weighted by Gasteiger charge is 2.31. The third kappa shape index (κ3) is 4.06. The van der Waals surface area contributed by atoms with Crippen LogP contribution in [0.2, 0.25) is 0 Å². The molecule has 0 bridgehead atoms. The molecular weight excluding hydrogens is 424 g/mol. The maximum absolute atomic E-state index is 12.6. The molecule has 1 fully saturated rings.